The topological polar surface area (TPSA) is 24.9 Å². The maximum atomic E-state index is 4.40. The summed E-state index contributed by atoms with van der Waals surface area (Å²) in [6, 6.07) is 0.727. The maximum Gasteiger partial charge on any atom is 0.0925 e. The van der Waals surface area contributed by atoms with Crippen molar-refractivity contribution >= 4 is 23.1 Å². The SMILES string of the molecule is CCc1ncc(CNC2CCC(SC)CC2)s1. The van der Waals surface area contributed by atoms with Gasteiger partial charge in [0.25, 0.3) is 0 Å². The molecule has 0 radical (unpaired) electrons. The van der Waals surface area contributed by atoms with Crippen LogP contribution in [0.5, 0.6) is 0 Å². The second kappa shape index (κ2) is 6.76. The number of nitrogens with one attached hydrogen (secondary N) is 1. The highest BCUT2D eigenvalue weighted by Gasteiger charge is 2.19. The van der Waals surface area contributed by atoms with Gasteiger partial charge in [-0.2, -0.15) is 11.8 Å². The van der Waals surface area contributed by atoms with Crippen LogP contribution in [0.1, 0.15) is 42.5 Å². The summed E-state index contributed by atoms with van der Waals surface area (Å²) in [5.74, 6) is 0. The maximum absolute atomic E-state index is 4.40. The van der Waals surface area contributed by atoms with Gasteiger partial charge in [0, 0.05) is 28.9 Å². The van der Waals surface area contributed by atoms with Gasteiger partial charge in [0.15, 0.2) is 0 Å². The van der Waals surface area contributed by atoms with E-state index in [1.807, 2.05) is 29.3 Å². The fourth-order valence-electron chi connectivity index (χ4n) is 2.34. The summed E-state index contributed by atoms with van der Waals surface area (Å²) in [6.45, 7) is 3.17. The second-order valence-electron chi connectivity index (χ2n) is 4.66. The highest BCUT2D eigenvalue weighted by Crippen LogP contribution is 2.27. The molecule has 0 bridgehead atoms. The van der Waals surface area contributed by atoms with Gasteiger partial charge in [-0.15, -0.1) is 11.3 Å². The predicted octanol–water partition coefficient (Wildman–Crippen LogP) is 3.47. The minimum atomic E-state index is 0.727. The van der Waals surface area contributed by atoms with Gasteiger partial charge in [-0.25, -0.2) is 4.98 Å². The lowest BCUT2D eigenvalue weighted by Gasteiger charge is -2.27. The molecule has 0 saturated heterocycles. The Balaban J connectivity index is 1.72. The monoisotopic (exact) mass is 270 g/mol. The first-order valence-corrected chi connectivity index (χ1v) is 8.62. The van der Waals surface area contributed by atoms with Crippen LogP contribution >= 0.6 is 23.1 Å². The Kier molecular flexibility index (Phi) is 5.32. The first-order valence-electron chi connectivity index (χ1n) is 6.51. The number of rotatable bonds is 5. The molecule has 96 valence electrons. The highest BCUT2D eigenvalue weighted by atomic mass is 32.2. The summed E-state index contributed by atoms with van der Waals surface area (Å²) in [5, 5.41) is 5.84. The summed E-state index contributed by atoms with van der Waals surface area (Å²) >= 11 is 3.88. The number of aromatic nitrogens is 1. The molecule has 0 unspecified atom stereocenters. The van der Waals surface area contributed by atoms with Crippen LogP contribution < -0.4 is 5.32 Å². The van der Waals surface area contributed by atoms with E-state index in [1.54, 1.807) is 0 Å². The van der Waals surface area contributed by atoms with E-state index >= 15 is 0 Å². The minimum absolute atomic E-state index is 0.727. The fraction of sp³-hybridized carbons (Fsp3) is 0.769. The molecule has 0 aliphatic heterocycles. The number of hydrogen-bond donors (Lipinski definition) is 1. The third-order valence-corrected chi connectivity index (χ3v) is 5.76. The van der Waals surface area contributed by atoms with E-state index < -0.39 is 0 Å². The van der Waals surface area contributed by atoms with Gasteiger partial charge >= 0.3 is 0 Å². The van der Waals surface area contributed by atoms with E-state index in [0.717, 1.165) is 24.3 Å². The molecule has 4 heteroatoms. The van der Waals surface area contributed by atoms with Crippen LogP contribution in [0.2, 0.25) is 0 Å². The van der Waals surface area contributed by atoms with Crippen molar-refractivity contribution in [2.45, 2.75) is 56.9 Å². The van der Waals surface area contributed by atoms with Crippen LogP contribution in [0.25, 0.3) is 0 Å². The van der Waals surface area contributed by atoms with Crippen molar-refractivity contribution in [2.24, 2.45) is 0 Å². The molecule has 2 rings (SSSR count). The van der Waals surface area contributed by atoms with E-state index in [4.69, 9.17) is 0 Å². The quantitative estimate of drug-likeness (QED) is 0.887. The molecule has 1 N–H and O–H groups in total. The van der Waals surface area contributed by atoms with Crippen molar-refractivity contribution in [1.29, 1.82) is 0 Å². The first-order chi connectivity index (χ1) is 8.31. The molecule has 0 atom stereocenters. The molecular formula is C13H22N2S2. The smallest absolute Gasteiger partial charge is 0.0925 e. The Morgan fingerprint density at radius 2 is 2.18 bits per heavy atom. The lowest BCUT2D eigenvalue weighted by atomic mass is 9.95. The van der Waals surface area contributed by atoms with Crippen molar-refractivity contribution in [3.05, 3.63) is 16.1 Å². The van der Waals surface area contributed by atoms with Gasteiger partial charge in [0.05, 0.1) is 5.01 Å². The molecule has 0 amide bonds. The van der Waals surface area contributed by atoms with E-state index in [0.29, 0.717) is 0 Å². The largest absolute Gasteiger partial charge is 0.309 e. The summed E-state index contributed by atoms with van der Waals surface area (Å²) in [6.07, 6.45) is 10.8. The average Bonchev–Trinajstić information content (AvgIpc) is 2.85. The lowest BCUT2D eigenvalue weighted by molar-refractivity contribution is 0.380. The Morgan fingerprint density at radius 3 is 2.76 bits per heavy atom. The zero-order chi connectivity index (χ0) is 12.1. The van der Waals surface area contributed by atoms with E-state index in [-0.39, 0.29) is 0 Å². The van der Waals surface area contributed by atoms with Crippen molar-refractivity contribution in [3.63, 3.8) is 0 Å². The van der Waals surface area contributed by atoms with Gasteiger partial charge in [0.2, 0.25) is 0 Å². The molecule has 2 nitrogen and oxygen atoms in total. The van der Waals surface area contributed by atoms with Gasteiger partial charge < -0.3 is 5.32 Å². The Morgan fingerprint density at radius 1 is 1.41 bits per heavy atom. The minimum Gasteiger partial charge on any atom is -0.309 e. The van der Waals surface area contributed by atoms with Crippen LogP contribution in [0.15, 0.2) is 6.20 Å². The number of aryl methyl sites for hydroxylation is 1. The molecule has 0 spiro atoms. The number of hydrogen-bond acceptors (Lipinski definition) is 4. The van der Waals surface area contributed by atoms with Gasteiger partial charge in [-0.3, -0.25) is 0 Å². The highest BCUT2D eigenvalue weighted by molar-refractivity contribution is 7.99. The van der Waals surface area contributed by atoms with Gasteiger partial charge in [-0.1, -0.05) is 6.92 Å². The summed E-state index contributed by atoms with van der Waals surface area (Å²) in [5.41, 5.74) is 0. The first kappa shape index (κ1) is 13.4. The molecular weight excluding hydrogens is 248 g/mol. The molecule has 1 aromatic rings. The molecule has 1 fully saturated rings. The van der Waals surface area contributed by atoms with Gasteiger partial charge in [-0.05, 0) is 38.4 Å². The molecule has 1 aliphatic rings. The average molecular weight is 270 g/mol. The molecule has 1 aliphatic carbocycles. The fourth-order valence-corrected chi connectivity index (χ4v) is 3.90. The normalized spacial score (nSPS) is 25.1. The zero-order valence-corrected chi connectivity index (χ0v) is 12.4. The molecule has 1 saturated carbocycles. The standard InChI is InChI=1S/C13H22N2S2/c1-3-13-15-9-12(17-13)8-14-10-4-6-11(16-2)7-5-10/h9-11,14H,3-8H2,1-2H3. The molecule has 1 heterocycles. The summed E-state index contributed by atoms with van der Waals surface area (Å²) < 4.78 is 0. The van der Waals surface area contributed by atoms with Crippen molar-refractivity contribution in [3.8, 4) is 0 Å². The Hall–Kier alpha value is -0.0600. The van der Waals surface area contributed by atoms with Crippen LogP contribution in [0.3, 0.4) is 0 Å². The van der Waals surface area contributed by atoms with Crippen molar-refractivity contribution < 1.29 is 0 Å². The van der Waals surface area contributed by atoms with Crippen LogP contribution in [-0.4, -0.2) is 22.5 Å². The zero-order valence-electron chi connectivity index (χ0n) is 10.7. The van der Waals surface area contributed by atoms with E-state index in [2.05, 4.69) is 23.5 Å². The number of nitrogens with zero attached hydrogens (tertiary/aromatic N) is 1. The number of thiazole rings is 1. The van der Waals surface area contributed by atoms with E-state index in [1.165, 1.54) is 35.6 Å². The van der Waals surface area contributed by atoms with Crippen LogP contribution in [0, 0.1) is 0 Å². The number of thioether (sulfide) groups is 1. The Labute approximate surface area is 113 Å². The lowest BCUT2D eigenvalue weighted by Crippen LogP contribution is -2.33. The van der Waals surface area contributed by atoms with Gasteiger partial charge in [0.1, 0.15) is 0 Å². The van der Waals surface area contributed by atoms with Crippen molar-refractivity contribution in [2.75, 3.05) is 6.26 Å². The van der Waals surface area contributed by atoms with Crippen LogP contribution in [-0.2, 0) is 13.0 Å². The van der Waals surface area contributed by atoms with E-state index in [9.17, 15) is 0 Å². The molecule has 1 aromatic heterocycles. The third-order valence-electron chi connectivity index (χ3n) is 3.48. The second-order valence-corrected chi connectivity index (χ2v) is 7.00. The predicted molar refractivity (Wildman–Crippen MR) is 77.9 cm³/mol. The summed E-state index contributed by atoms with van der Waals surface area (Å²) in [7, 11) is 0. The molecule has 0 aromatic carbocycles. The van der Waals surface area contributed by atoms with Crippen molar-refractivity contribution in [1.82, 2.24) is 10.3 Å². The Bertz CT molecular complexity index is 330. The third kappa shape index (κ3) is 3.97. The van der Waals surface area contributed by atoms with Crippen LogP contribution in [0.4, 0.5) is 0 Å². The summed E-state index contributed by atoms with van der Waals surface area (Å²) in [4.78, 5) is 5.78. The molecule has 17 heavy (non-hydrogen) atoms.